The summed E-state index contributed by atoms with van der Waals surface area (Å²) in [6.45, 7) is 7.49. The number of rotatable bonds is 5. The van der Waals surface area contributed by atoms with Crippen molar-refractivity contribution >= 4 is 23.3 Å². The van der Waals surface area contributed by atoms with E-state index in [9.17, 15) is 9.59 Å². The summed E-state index contributed by atoms with van der Waals surface area (Å²) in [5, 5.41) is 8.48. The van der Waals surface area contributed by atoms with E-state index in [2.05, 4.69) is 16.0 Å². The fraction of sp³-hybridized carbons (Fsp3) is 0.238. The zero-order valence-electron chi connectivity index (χ0n) is 16.3. The van der Waals surface area contributed by atoms with Crippen LogP contribution in [0.1, 0.15) is 46.2 Å². The SMILES string of the molecule is Cc1cc(C(C)NC(=O)Nc2ccc(NC(=O)c3ccco3)c(C)c2)c(C)o1. The maximum absolute atomic E-state index is 12.3. The molecule has 1 atom stereocenters. The zero-order valence-corrected chi connectivity index (χ0v) is 16.3. The van der Waals surface area contributed by atoms with Gasteiger partial charge in [-0.1, -0.05) is 0 Å². The lowest BCUT2D eigenvalue weighted by Gasteiger charge is -2.15. The Morgan fingerprint density at radius 1 is 1.04 bits per heavy atom. The molecule has 1 unspecified atom stereocenters. The average molecular weight is 381 g/mol. The monoisotopic (exact) mass is 381 g/mol. The van der Waals surface area contributed by atoms with Crippen molar-refractivity contribution in [1.82, 2.24) is 5.32 Å². The van der Waals surface area contributed by atoms with E-state index in [1.807, 2.05) is 33.8 Å². The minimum absolute atomic E-state index is 0.189. The zero-order chi connectivity index (χ0) is 20.3. The summed E-state index contributed by atoms with van der Waals surface area (Å²) in [5.74, 6) is 1.51. The Balaban J connectivity index is 1.61. The van der Waals surface area contributed by atoms with E-state index in [1.165, 1.54) is 6.26 Å². The predicted molar refractivity (Wildman–Crippen MR) is 107 cm³/mol. The van der Waals surface area contributed by atoms with Gasteiger partial charge in [0, 0.05) is 16.9 Å². The number of amides is 3. The van der Waals surface area contributed by atoms with Gasteiger partial charge in [0.1, 0.15) is 11.5 Å². The first-order chi connectivity index (χ1) is 13.3. The standard InChI is InChI=1S/C21H23N3O4/c1-12-10-16(7-8-18(12)24-20(25)19-6-5-9-27-19)23-21(26)22-14(3)17-11-13(2)28-15(17)4/h5-11,14H,1-4H3,(H,24,25)(H2,22,23,26). The van der Waals surface area contributed by atoms with Crippen LogP contribution in [-0.2, 0) is 0 Å². The minimum Gasteiger partial charge on any atom is -0.466 e. The second-order valence-corrected chi connectivity index (χ2v) is 6.65. The number of hydrogen-bond acceptors (Lipinski definition) is 4. The highest BCUT2D eigenvalue weighted by Gasteiger charge is 2.16. The first kappa shape index (κ1) is 19.3. The lowest BCUT2D eigenvalue weighted by Crippen LogP contribution is -2.31. The summed E-state index contributed by atoms with van der Waals surface area (Å²) in [7, 11) is 0. The van der Waals surface area contributed by atoms with Crippen LogP contribution in [0.25, 0.3) is 0 Å². The number of carbonyl (C=O) groups excluding carboxylic acids is 2. The largest absolute Gasteiger partial charge is 0.466 e. The van der Waals surface area contributed by atoms with Gasteiger partial charge in [-0.3, -0.25) is 4.79 Å². The topological polar surface area (TPSA) is 96.5 Å². The molecule has 28 heavy (non-hydrogen) atoms. The third kappa shape index (κ3) is 4.43. The summed E-state index contributed by atoms with van der Waals surface area (Å²) < 4.78 is 10.6. The first-order valence-electron chi connectivity index (χ1n) is 8.93. The lowest BCUT2D eigenvalue weighted by atomic mass is 10.1. The van der Waals surface area contributed by atoms with Gasteiger partial charge in [0.25, 0.3) is 5.91 Å². The molecule has 3 N–H and O–H groups in total. The summed E-state index contributed by atoms with van der Waals surface area (Å²) in [6.07, 6.45) is 1.45. The van der Waals surface area contributed by atoms with E-state index >= 15 is 0 Å². The molecule has 0 saturated carbocycles. The third-order valence-corrected chi connectivity index (χ3v) is 4.37. The fourth-order valence-electron chi connectivity index (χ4n) is 3.00. The fourth-order valence-corrected chi connectivity index (χ4v) is 3.00. The van der Waals surface area contributed by atoms with Gasteiger partial charge in [-0.05, 0) is 69.7 Å². The molecule has 0 fully saturated rings. The number of hydrogen-bond donors (Lipinski definition) is 3. The second kappa shape index (κ2) is 8.04. The van der Waals surface area contributed by atoms with E-state index in [4.69, 9.17) is 8.83 Å². The van der Waals surface area contributed by atoms with Crippen LogP contribution in [0.3, 0.4) is 0 Å². The number of anilines is 2. The van der Waals surface area contributed by atoms with Gasteiger partial charge in [-0.25, -0.2) is 4.79 Å². The summed E-state index contributed by atoms with van der Waals surface area (Å²) in [4.78, 5) is 24.4. The van der Waals surface area contributed by atoms with Crippen molar-refractivity contribution in [3.63, 3.8) is 0 Å². The molecule has 0 aliphatic heterocycles. The molecular formula is C21H23N3O4. The molecule has 0 bridgehead atoms. The molecule has 1 aromatic carbocycles. The highest BCUT2D eigenvalue weighted by molar-refractivity contribution is 6.02. The van der Waals surface area contributed by atoms with E-state index in [0.717, 1.165) is 22.6 Å². The third-order valence-electron chi connectivity index (χ3n) is 4.37. The van der Waals surface area contributed by atoms with Crippen LogP contribution in [0.4, 0.5) is 16.2 Å². The molecule has 0 saturated heterocycles. The highest BCUT2D eigenvalue weighted by atomic mass is 16.3. The normalized spacial score (nSPS) is 11.7. The van der Waals surface area contributed by atoms with Crippen LogP contribution in [0.5, 0.6) is 0 Å². The molecule has 3 amide bonds. The smallest absolute Gasteiger partial charge is 0.319 e. The van der Waals surface area contributed by atoms with Crippen LogP contribution in [0.2, 0.25) is 0 Å². The van der Waals surface area contributed by atoms with E-state index in [0.29, 0.717) is 11.4 Å². The molecule has 0 spiro atoms. The Hall–Kier alpha value is -3.48. The van der Waals surface area contributed by atoms with Crippen LogP contribution < -0.4 is 16.0 Å². The van der Waals surface area contributed by atoms with Crippen molar-refractivity contribution in [2.45, 2.75) is 33.7 Å². The van der Waals surface area contributed by atoms with Gasteiger partial charge < -0.3 is 24.8 Å². The van der Waals surface area contributed by atoms with Crippen molar-refractivity contribution in [2.24, 2.45) is 0 Å². The van der Waals surface area contributed by atoms with Crippen LogP contribution in [0.15, 0.2) is 51.5 Å². The molecule has 2 heterocycles. The highest BCUT2D eigenvalue weighted by Crippen LogP contribution is 2.23. The Labute approximate surface area is 163 Å². The van der Waals surface area contributed by atoms with Gasteiger partial charge in [-0.15, -0.1) is 0 Å². The van der Waals surface area contributed by atoms with E-state index in [-0.39, 0.29) is 23.7 Å². The minimum atomic E-state index is -0.328. The number of aryl methyl sites for hydroxylation is 3. The molecule has 0 aliphatic rings. The van der Waals surface area contributed by atoms with Gasteiger partial charge in [0.2, 0.25) is 0 Å². The van der Waals surface area contributed by atoms with Crippen molar-refractivity contribution in [2.75, 3.05) is 10.6 Å². The van der Waals surface area contributed by atoms with Crippen LogP contribution >= 0.6 is 0 Å². The summed E-state index contributed by atoms with van der Waals surface area (Å²) >= 11 is 0. The van der Waals surface area contributed by atoms with Crippen molar-refractivity contribution in [1.29, 1.82) is 0 Å². The van der Waals surface area contributed by atoms with Crippen molar-refractivity contribution in [3.05, 3.63) is 71.1 Å². The Morgan fingerprint density at radius 2 is 1.82 bits per heavy atom. The number of benzene rings is 1. The quantitative estimate of drug-likeness (QED) is 0.583. The number of carbonyl (C=O) groups is 2. The van der Waals surface area contributed by atoms with Crippen LogP contribution in [-0.4, -0.2) is 11.9 Å². The number of urea groups is 1. The molecule has 7 heteroatoms. The molecule has 3 aromatic rings. The molecular weight excluding hydrogens is 358 g/mol. The van der Waals surface area contributed by atoms with Gasteiger partial charge >= 0.3 is 6.03 Å². The van der Waals surface area contributed by atoms with Gasteiger partial charge in [-0.2, -0.15) is 0 Å². The number of furan rings is 2. The molecule has 146 valence electrons. The maximum atomic E-state index is 12.3. The van der Waals surface area contributed by atoms with Crippen molar-refractivity contribution in [3.8, 4) is 0 Å². The molecule has 3 rings (SSSR count). The van der Waals surface area contributed by atoms with E-state index < -0.39 is 0 Å². The van der Waals surface area contributed by atoms with Gasteiger partial charge in [0.05, 0.1) is 12.3 Å². The molecule has 2 aromatic heterocycles. The Kier molecular flexibility index (Phi) is 5.54. The molecule has 0 radical (unpaired) electrons. The maximum Gasteiger partial charge on any atom is 0.319 e. The van der Waals surface area contributed by atoms with Crippen LogP contribution in [0, 0.1) is 20.8 Å². The second-order valence-electron chi connectivity index (χ2n) is 6.65. The summed E-state index contributed by atoms with van der Waals surface area (Å²) in [5.41, 5.74) is 3.02. The summed E-state index contributed by atoms with van der Waals surface area (Å²) in [6, 6.07) is 9.90. The molecule has 0 aliphatic carbocycles. The first-order valence-corrected chi connectivity index (χ1v) is 8.93. The van der Waals surface area contributed by atoms with Crippen molar-refractivity contribution < 1.29 is 18.4 Å². The predicted octanol–water partition coefficient (Wildman–Crippen LogP) is 4.93. The Morgan fingerprint density at radius 3 is 2.43 bits per heavy atom. The van der Waals surface area contributed by atoms with E-state index in [1.54, 1.807) is 30.3 Å². The lowest BCUT2D eigenvalue weighted by molar-refractivity contribution is 0.0996. The average Bonchev–Trinajstić information content (AvgIpc) is 3.26. The Bertz CT molecular complexity index is 989. The van der Waals surface area contributed by atoms with Gasteiger partial charge in [0.15, 0.2) is 5.76 Å². The molecule has 7 nitrogen and oxygen atoms in total. The number of nitrogens with one attached hydrogen (secondary N) is 3.